The Morgan fingerprint density at radius 3 is 2.46 bits per heavy atom. The summed E-state index contributed by atoms with van der Waals surface area (Å²) in [6.45, 7) is 4.70. The van der Waals surface area contributed by atoms with E-state index in [0.717, 1.165) is 57.7 Å². The molecule has 2 fully saturated rings. The third-order valence-corrected chi connectivity index (χ3v) is 5.91. The van der Waals surface area contributed by atoms with Gasteiger partial charge in [-0.25, -0.2) is 0 Å². The largest absolute Gasteiger partial charge is 0.356 e. The zero-order valence-corrected chi connectivity index (χ0v) is 19.6. The SMILES string of the molecule is CCc1ccc(CCNC(=NC)NC2CCN(C(=O)C3CCCC3)C2)cc1.I. The lowest BCUT2D eigenvalue weighted by atomic mass is 10.1. The number of aryl methyl sites for hydroxylation is 1. The molecule has 0 aromatic heterocycles. The van der Waals surface area contributed by atoms with Crippen molar-refractivity contribution in [3.63, 3.8) is 0 Å². The van der Waals surface area contributed by atoms with E-state index in [1.165, 1.54) is 24.0 Å². The molecule has 2 N–H and O–H groups in total. The molecule has 3 rings (SSSR count). The molecule has 5 nitrogen and oxygen atoms in total. The smallest absolute Gasteiger partial charge is 0.225 e. The molecule has 0 bridgehead atoms. The summed E-state index contributed by atoms with van der Waals surface area (Å²) in [5, 5.41) is 6.90. The van der Waals surface area contributed by atoms with Crippen LogP contribution in [0.1, 0.15) is 50.2 Å². The van der Waals surface area contributed by atoms with E-state index in [2.05, 4.69) is 51.7 Å². The minimum Gasteiger partial charge on any atom is -0.356 e. The average molecular weight is 498 g/mol. The van der Waals surface area contributed by atoms with Crippen molar-refractivity contribution in [3.05, 3.63) is 35.4 Å². The van der Waals surface area contributed by atoms with Crippen molar-refractivity contribution in [1.82, 2.24) is 15.5 Å². The molecule has 6 heteroatoms. The Morgan fingerprint density at radius 2 is 1.82 bits per heavy atom. The number of likely N-dealkylation sites (tertiary alicyclic amines) is 1. The lowest BCUT2D eigenvalue weighted by molar-refractivity contribution is -0.134. The predicted molar refractivity (Wildman–Crippen MR) is 126 cm³/mol. The van der Waals surface area contributed by atoms with Crippen LogP contribution >= 0.6 is 24.0 Å². The summed E-state index contributed by atoms with van der Waals surface area (Å²) in [7, 11) is 1.81. The number of rotatable bonds is 6. The van der Waals surface area contributed by atoms with Crippen molar-refractivity contribution in [3.8, 4) is 0 Å². The van der Waals surface area contributed by atoms with Gasteiger partial charge in [-0.05, 0) is 43.2 Å². The van der Waals surface area contributed by atoms with Gasteiger partial charge in [0.25, 0.3) is 0 Å². The van der Waals surface area contributed by atoms with E-state index >= 15 is 0 Å². The molecule has 1 aromatic carbocycles. The minimum atomic E-state index is 0. The lowest BCUT2D eigenvalue weighted by Gasteiger charge is -2.21. The Hall–Kier alpha value is -1.31. The first-order valence-electron chi connectivity index (χ1n) is 10.5. The van der Waals surface area contributed by atoms with Crippen LogP contribution in [0.25, 0.3) is 0 Å². The molecule has 1 amide bonds. The van der Waals surface area contributed by atoms with E-state index in [0.29, 0.717) is 11.9 Å². The number of nitrogens with zero attached hydrogens (tertiary/aromatic N) is 2. The number of halogens is 1. The number of hydrogen-bond acceptors (Lipinski definition) is 2. The highest BCUT2D eigenvalue weighted by Gasteiger charge is 2.32. The molecule has 2 aliphatic rings. The third kappa shape index (κ3) is 6.36. The van der Waals surface area contributed by atoms with E-state index in [4.69, 9.17) is 0 Å². The molecule has 1 atom stereocenters. The molecular formula is C22H35IN4O. The van der Waals surface area contributed by atoms with Gasteiger partial charge in [0.15, 0.2) is 5.96 Å². The Kier molecular flexibility index (Phi) is 9.55. The van der Waals surface area contributed by atoms with Gasteiger partial charge in [0, 0.05) is 38.6 Å². The number of carbonyl (C=O) groups is 1. The first-order valence-corrected chi connectivity index (χ1v) is 10.5. The van der Waals surface area contributed by atoms with E-state index in [1.807, 2.05) is 7.05 Å². The summed E-state index contributed by atoms with van der Waals surface area (Å²) < 4.78 is 0. The fraction of sp³-hybridized carbons (Fsp3) is 0.636. The Bertz CT molecular complexity index is 640. The molecule has 1 aliphatic heterocycles. The Balaban J connectivity index is 0.00000280. The van der Waals surface area contributed by atoms with Gasteiger partial charge < -0.3 is 15.5 Å². The van der Waals surface area contributed by atoms with Gasteiger partial charge in [0.05, 0.1) is 0 Å². The number of guanidine groups is 1. The first kappa shape index (κ1) is 23.0. The van der Waals surface area contributed by atoms with Gasteiger partial charge >= 0.3 is 0 Å². The van der Waals surface area contributed by atoms with Crippen LogP contribution in [0.3, 0.4) is 0 Å². The van der Waals surface area contributed by atoms with Crippen molar-refractivity contribution in [2.75, 3.05) is 26.7 Å². The standard InChI is InChI=1S/C22H34N4O.HI/c1-3-17-8-10-18(11-9-17)12-14-24-22(23-2)25-20-13-15-26(16-20)21(27)19-6-4-5-7-19;/h8-11,19-20H,3-7,12-16H2,1-2H3,(H2,23,24,25);1H. The number of nitrogens with one attached hydrogen (secondary N) is 2. The second-order valence-electron chi connectivity index (χ2n) is 7.81. The molecule has 1 saturated carbocycles. The molecule has 1 unspecified atom stereocenters. The number of carbonyl (C=O) groups excluding carboxylic acids is 1. The second kappa shape index (κ2) is 11.6. The molecule has 28 heavy (non-hydrogen) atoms. The van der Waals surface area contributed by atoms with Crippen LogP contribution in [0.4, 0.5) is 0 Å². The van der Waals surface area contributed by atoms with Crippen molar-refractivity contribution in [2.24, 2.45) is 10.9 Å². The van der Waals surface area contributed by atoms with E-state index in [-0.39, 0.29) is 29.9 Å². The molecule has 1 aromatic rings. The van der Waals surface area contributed by atoms with Crippen LogP contribution in [0.15, 0.2) is 29.3 Å². The maximum atomic E-state index is 12.6. The highest BCUT2D eigenvalue weighted by atomic mass is 127. The van der Waals surface area contributed by atoms with Gasteiger partial charge in [-0.3, -0.25) is 9.79 Å². The van der Waals surface area contributed by atoms with Crippen LogP contribution in [-0.2, 0) is 17.6 Å². The summed E-state index contributed by atoms with van der Waals surface area (Å²) in [5.41, 5.74) is 2.71. The average Bonchev–Trinajstić information content (AvgIpc) is 3.39. The maximum Gasteiger partial charge on any atom is 0.225 e. The van der Waals surface area contributed by atoms with Crippen LogP contribution in [0, 0.1) is 5.92 Å². The molecule has 1 aliphatic carbocycles. The predicted octanol–water partition coefficient (Wildman–Crippen LogP) is 3.37. The molecule has 1 heterocycles. The van der Waals surface area contributed by atoms with E-state index < -0.39 is 0 Å². The summed E-state index contributed by atoms with van der Waals surface area (Å²) in [6.07, 6.45) is 7.63. The summed E-state index contributed by atoms with van der Waals surface area (Å²) in [5.74, 6) is 1.48. The topological polar surface area (TPSA) is 56.7 Å². The highest BCUT2D eigenvalue weighted by molar-refractivity contribution is 14.0. The highest BCUT2D eigenvalue weighted by Crippen LogP contribution is 2.27. The number of amides is 1. The van der Waals surface area contributed by atoms with Gasteiger partial charge in [-0.1, -0.05) is 44.0 Å². The van der Waals surface area contributed by atoms with Crippen molar-refractivity contribution in [1.29, 1.82) is 0 Å². The van der Waals surface area contributed by atoms with Crippen molar-refractivity contribution in [2.45, 2.75) is 57.9 Å². The second-order valence-corrected chi connectivity index (χ2v) is 7.81. The van der Waals surface area contributed by atoms with Crippen LogP contribution in [0.5, 0.6) is 0 Å². The summed E-state index contributed by atoms with van der Waals surface area (Å²) in [6, 6.07) is 9.12. The van der Waals surface area contributed by atoms with Gasteiger partial charge in [0.2, 0.25) is 5.91 Å². The van der Waals surface area contributed by atoms with E-state index in [1.54, 1.807) is 0 Å². The number of hydrogen-bond donors (Lipinski definition) is 2. The zero-order valence-electron chi connectivity index (χ0n) is 17.2. The number of benzene rings is 1. The third-order valence-electron chi connectivity index (χ3n) is 5.91. The molecule has 1 saturated heterocycles. The van der Waals surface area contributed by atoms with Crippen molar-refractivity contribution < 1.29 is 4.79 Å². The van der Waals surface area contributed by atoms with Crippen LogP contribution in [0.2, 0.25) is 0 Å². The molecule has 0 spiro atoms. The molecule has 156 valence electrons. The minimum absolute atomic E-state index is 0. The lowest BCUT2D eigenvalue weighted by Crippen LogP contribution is -2.45. The summed E-state index contributed by atoms with van der Waals surface area (Å²) in [4.78, 5) is 19.0. The summed E-state index contributed by atoms with van der Waals surface area (Å²) >= 11 is 0. The van der Waals surface area contributed by atoms with Gasteiger partial charge in [-0.15, -0.1) is 24.0 Å². The quantitative estimate of drug-likeness (QED) is 0.360. The Labute approximate surface area is 186 Å². The first-order chi connectivity index (χ1) is 13.2. The maximum absolute atomic E-state index is 12.6. The molecular weight excluding hydrogens is 463 g/mol. The van der Waals surface area contributed by atoms with Crippen molar-refractivity contribution >= 4 is 35.8 Å². The fourth-order valence-corrected chi connectivity index (χ4v) is 4.16. The Morgan fingerprint density at radius 1 is 1.14 bits per heavy atom. The van der Waals surface area contributed by atoms with E-state index in [9.17, 15) is 4.79 Å². The van der Waals surface area contributed by atoms with Gasteiger partial charge in [-0.2, -0.15) is 0 Å². The number of aliphatic imine (C=N–C) groups is 1. The monoisotopic (exact) mass is 498 g/mol. The van der Waals surface area contributed by atoms with Gasteiger partial charge in [0.1, 0.15) is 0 Å². The normalized spacial score (nSPS) is 20.1. The molecule has 0 radical (unpaired) electrons. The van der Waals surface area contributed by atoms with Crippen LogP contribution < -0.4 is 10.6 Å². The zero-order chi connectivity index (χ0) is 19.1. The van der Waals surface area contributed by atoms with Crippen LogP contribution in [-0.4, -0.2) is 49.5 Å². The fourth-order valence-electron chi connectivity index (χ4n) is 4.16.